The van der Waals surface area contributed by atoms with Gasteiger partial charge in [-0.25, -0.2) is 4.39 Å². The van der Waals surface area contributed by atoms with Crippen LogP contribution < -0.4 is 5.32 Å². The molecule has 4 rings (SSSR count). The van der Waals surface area contributed by atoms with Crippen LogP contribution in [-0.4, -0.2) is 11.6 Å². The van der Waals surface area contributed by atoms with Crippen molar-refractivity contribution in [2.24, 2.45) is 0 Å². The highest BCUT2D eigenvalue weighted by Gasteiger charge is 2.30. The monoisotopic (exact) mass is 294 g/mol. The Labute approximate surface area is 130 Å². The van der Waals surface area contributed by atoms with Crippen LogP contribution in [0.5, 0.6) is 0 Å². The van der Waals surface area contributed by atoms with Gasteiger partial charge in [-0.1, -0.05) is 36.4 Å². The van der Waals surface area contributed by atoms with Gasteiger partial charge in [0.15, 0.2) is 0 Å². The lowest BCUT2D eigenvalue weighted by Crippen LogP contribution is -2.31. The number of rotatable bonds is 2. The molecule has 2 aromatic carbocycles. The SMILES string of the molecule is Fc1ccc(-c2ccccc2C2CCCC3=CNCN32)cc1. The van der Waals surface area contributed by atoms with E-state index in [2.05, 4.69) is 40.7 Å². The van der Waals surface area contributed by atoms with Gasteiger partial charge in [-0.3, -0.25) is 0 Å². The van der Waals surface area contributed by atoms with Crippen LogP contribution in [0, 0.1) is 5.82 Å². The Morgan fingerprint density at radius 1 is 1.05 bits per heavy atom. The van der Waals surface area contributed by atoms with Crippen molar-refractivity contribution in [2.75, 3.05) is 6.67 Å². The van der Waals surface area contributed by atoms with Crippen molar-refractivity contribution < 1.29 is 4.39 Å². The Bertz CT molecular complexity index is 706. The predicted molar refractivity (Wildman–Crippen MR) is 86.4 cm³/mol. The van der Waals surface area contributed by atoms with Gasteiger partial charge in [-0.15, -0.1) is 0 Å². The van der Waals surface area contributed by atoms with Gasteiger partial charge in [0.05, 0.1) is 12.7 Å². The predicted octanol–water partition coefficient (Wildman–Crippen LogP) is 4.42. The summed E-state index contributed by atoms with van der Waals surface area (Å²) in [5.41, 5.74) is 5.04. The van der Waals surface area contributed by atoms with Gasteiger partial charge in [-0.05, 0) is 48.1 Å². The van der Waals surface area contributed by atoms with E-state index in [-0.39, 0.29) is 5.82 Å². The number of piperidine rings is 1. The number of allylic oxidation sites excluding steroid dienone is 1. The van der Waals surface area contributed by atoms with E-state index in [0.29, 0.717) is 6.04 Å². The smallest absolute Gasteiger partial charge is 0.123 e. The fraction of sp³-hybridized carbons (Fsp3) is 0.263. The zero-order chi connectivity index (χ0) is 14.9. The molecule has 1 N–H and O–H groups in total. The Balaban J connectivity index is 1.76. The van der Waals surface area contributed by atoms with E-state index < -0.39 is 0 Å². The molecule has 1 fully saturated rings. The quantitative estimate of drug-likeness (QED) is 0.882. The van der Waals surface area contributed by atoms with Crippen molar-refractivity contribution in [1.82, 2.24) is 10.2 Å². The highest BCUT2D eigenvalue weighted by atomic mass is 19.1. The van der Waals surface area contributed by atoms with Gasteiger partial charge < -0.3 is 10.2 Å². The molecule has 0 aliphatic carbocycles. The molecule has 2 aromatic rings. The van der Waals surface area contributed by atoms with Crippen molar-refractivity contribution >= 4 is 0 Å². The van der Waals surface area contributed by atoms with E-state index in [9.17, 15) is 4.39 Å². The Kier molecular flexibility index (Phi) is 3.34. The molecule has 1 atom stereocenters. The molecule has 0 aromatic heterocycles. The topological polar surface area (TPSA) is 15.3 Å². The summed E-state index contributed by atoms with van der Waals surface area (Å²) in [5, 5.41) is 3.35. The Hall–Kier alpha value is -2.29. The van der Waals surface area contributed by atoms with Gasteiger partial charge in [0.25, 0.3) is 0 Å². The molecule has 0 radical (unpaired) electrons. The number of hydrogen-bond donors (Lipinski definition) is 1. The molecule has 0 spiro atoms. The first kappa shape index (κ1) is 13.4. The lowest BCUT2D eigenvalue weighted by atomic mass is 9.89. The summed E-state index contributed by atoms with van der Waals surface area (Å²) in [6.07, 6.45) is 5.68. The molecule has 22 heavy (non-hydrogen) atoms. The largest absolute Gasteiger partial charge is 0.372 e. The van der Waals surface area contributed by atoms with E-state index in [1.165, 1.54) is 35.4 Å². The van der Waals surface area contributed by atoms with Crippen molar-refractivity contribution in [3.63, 3.8) is 0 Å². The molecule has 2 nitrogen and oxygen atoms in total. The molecule has 2 aliphatic rings. The van der Waals surface area contributed by atoms with Crippen LogP contribution in [0.15, 0.2) is 60.4 Å². The standard InChI is InChI=1S/C19H19FN2/c20-15-10-8-14(9-11-15)17-5-1-2-6-18(17)19-7-3-4-16-12-21-13-22(16)19/h1-2,5-6,8-12,19,21H,3-4,7,13H2. The highest BCUT2D eigenvalue weighted by molar-refractivity contribution is 5.68. The van der Waals surface area contributed by atoms with E-state index in [4.69, 9.17) is 0 Å². The van der Waals surface area contributed by atoms with Crippen molar-refractivity contribution in [3.8, 4) is 11.1 Å². The summed E-state index contributed by atoms with van der Waals surface area (Å²) in [5.74, 6) is -0.187. The summed E-state index contributed by atoms with van der Waals surface area (Å²) in [6, 6.07) is 15.7. The zero-order valence-electron chi connectivity index (χ0n) is 12.4. The number of nitrogens with one attached hydrogen (secondary N) is 1. The van der Waals surface area contributed by atoms with E-state index in [0.717, 1.165) is 25.1 Å². The van der Waals surface area contributed by atoms with Crippen LogP contribution in [-0.2, 0) is 0 Å². The van der Waals surface area contributed by atoms with Crippen molar-refractivity contribution in [2.45, 2.75) is 25.3 Å². The number of halogens is 1. The van der Waals surface area contributed by atoms with Crippen LogP contribution >= 0.6 is 0 Å². The second-order valence-electron chi connectivity index (χ2n) is 5.97. The average Bonchev–Trinajstić information content (AvgIpc) is 3.04. The fourth-order valence-corrected chi connectivity index (χ4v) is 3.61. The lowest BCUT2D eigenvalue weighted by Gasteiger charge is -2.37. The maximum absolute atomic E-state index is 13.2. The minimum Gasteiger partial charge on any atom is -0.372 e. The average molecular weight is 294 g/mol. The maximum Gasteiger partial charge on any atom is 0.123 e. The van der Waals surface area contributed by atoms with E-state index in [1.54, 1.807) is 0 Å². The van der Waals surface area contributed by atoms with Gasteiger partial charge >= 0.3 is 0 Å². The molecule has 112 valence electrons. The molecular formula is C19H19FN2. The first-order valence-electron chi connectivity index (χ1n) is 7.87. The van der Waals surface area contributed by atoms with Crippen LogP contribution in [0.1, 0.15) is 30.9 Å². The number of hydrogen-bond acceptors (Lipinski definition) is 2. The Morgan fingerprint density at radius 2 is 1.86 bits per heavy atom. The van der Waals surface area contributed by atoms with Crippen LogP contribution in [0.25, 0.3) is 11.1 Å². The van der Waals surface area contributed by atoms with Gasteiger partial charge in [0.1, 0.15) is 5.82 Å². The molecule has 2 aliphatic heterocycles. The summed E-state index contributed by atoms with van der Waals surface area (Å²) in [7, 11) is 0. The minimum absolute atomic E-state index is 0.187. The molecule has 0 amide bonds. The first-order chi connectivity index (χ1) is 10.8. The summed E-state index contributed by atoms with van der Waals surface area (Å²) in [6.45, 7) is 0.887. The van der Waals surface area contributed by atoms with Gasteiger partial charge in [0.2, 0.25) is 0 Å². The summed E-state index contributed by atoms with van der Waals surface area (Å²) in [4.78, 5) is 2.46. The van der Waals surface area contributed by atoms with Gasteiger partial charge in [0, 0.05) is 11.9 Å². The molecule has 3 heteroatoms. The third-order valence-electron chi connectivity index (χ3n) is 4.66. The van der Waals surface area contributed by atoms with Crippen LogP contribution in [0.3, 0.4) is 0 Å². The zero-order valence-corrected chi connectivity index (χ0v) is 12.4. The van der Waals surface area contributed by atoms with Crippen LogP contribution in [0.2, 0.25) is 0 Å². The third kappa shape index (κ3) is 2.27. The molecule has 1 unspecified atom stereocenters. The number of fused-ring (bicyclic) bond motifs is 1. The summed E-state index contributed by atoms with van der Waals surface area (Å²) >= 11 is 0. The lowest BCUT2D eigenvalue weighted by molar-refractivity contribution is 0.215. The number of benzene rings is 2. The molecule has 0 bridgehead atoms. The van der Waals surface area contributed by atoms with E-state index >= 15 is 0 Å². The van der Waals surface area contributed by atoms with Crippen LogP contribution in [0.4, 0.5) is 4.39 Å². The second-order valence-corrected chi connectivity index (χ2v) is 5.97. The minimum atomic E-state index is -0.187. The van der Waals surface area contributed by atoms with Crippen molar-refractivity contribution in [3.05, 3.63) is 71.8 Å². The molecule has 2 heterocycles. The Morgan fingerprint density at radius 3 is 2.73 bits per heavy atom. The van der Waals surface area contributed by atoms with E-state index in [1.807, 2.05) is 12.1 Å². The fourth-order valence-electron chi connectivity index (χ4n) is 3.61. The number of nitrogens with zero attached hydrogens (tertiary/aromatic N) is 1. The van der Waals surface area contributed by atoms with Gasteiger partial charge in [-0.2, -0.15) is 0 Å². The highest BCUT2D eigenvalue weighted by Crippen LogP contribution is 2.40. The molecule has 1 saturated heterocycles. The second kappa shape index (κ2) is 5.48. The third-order valence-corrected chi connectivity index (χ3v) is 4.66. The first-order valence-corrected chi connectivity index (χ1v) is 7.87. The normalized spacial score (nSPS) is 20.3. The van der Waals surface area contributed by atoms with Crippen molar-refractivity contribution in [1.29, 1.82) is 0 Å². The molecule has 0 saturated carbocycles. The summed E-state index contributed by atoms with van der Waals surface area (Å²) < 4.78 is 13.2. The maximum atomic E-state index is 13.2. The molecular weight excluding hydrogens is 275 g/mol.